The molecule has 0 radical (unpaired) electrons. The minimum Gasteiger partial charge on any atom is -0.378 e. The third-order valence-corrected chi connectivity index (χ3v) is 6.29. The number of nitrogens with zero attached hydrogens (tertiary/aromatic N) is 4. The number of ether oxygens (including phenoxy) is 1. The van der Waals surface area contributed by atoms with Crippen LogP contribution in [0.15, 0.2) is 52.6 Å². The van der Waals surface area contributed by atoms with Gasteiger partial charge in [0.25, 0.3) is 5.91 Å². The van der Waals surface area contributed by atoms with Gasteiger partial charge in [-0.25, -0.2) is 4.99 Å². The molecule has 158 valence electrons. The number of likely N-dealkylation sites (N-methyl/N-ethyl adjacent to an activating group) is 1. The molecule has 3 heterocycles. The van der Waals surface area contributed by atoms with Crippen molar-refractivity contribution in [3.63, 3.8) is 0 Å². The smallest absolute Gasteiger partial charge is 0.266 e. The Kier molecular flexibility index (Phi) is 6.29. The van der Waals surface area contributed by atoms with Crippen LogP contribution in [-0.4, -0.2) is 53.4 Å². The highest BCUT2D eigenvalue weighted by Gasteiger charge is 2.32. The predicted molar refractivity (Wildman–Crippen MR) is 124 cm³/mol. The molecule has 30 heavy (non-hydrogen) atoms. The van der Waals surface area contributed by atoms with Gasteiger partial charge in [0.2, 0.25) is 0 Å². The van der Waals surface area contributed by atoms with E-state index in [4.69, 9.17) is 9.73 Å². The summed E-state index contributed by atoms with van der Waals surface area (Å²) in [6.07, 6.45) is 6.07. The van der Waals surface area contributed by atoms with Crippen molar-refractivity contribution < 1.29 is 9.53 Å². The third kappa shape index (κ3) is 4.47. The van der Waals surface area contributed by atoms with Gasteiger partial charge in [-0.15, -0.1) is 0 Å². The van der Waals surface area contributed by atoms with Crippen molar-refractivity contribution in [1.29, 1.82) is 0 Å². The molecule has 2 saturated heterocycles. The number of benzene rings is 1. The lowest BCUT2D eigenvalue weighted by molar-refractivity contribution is -0.122. The maximum Gasteiger partial charge on any atom is 0.266 e. The number of carbonyl (C=O) groups is 1. The summed E-state index contributed by atoms with van der Waals surface area (Å²) in [6.45, 7) is 10.2. The van der Waals surface area contributed by atoms with Gasteiger partial charge in [-0.2, -0.15) is 0 Å². The van der Waals surface area contributed by atoms with Crippen molar-refractivity contribution in [1.82, 2.24) is 9.47 Å². The van der Waals surface area contributed by atoms with Crippen LogP contribution in [0, 0.1) is 0 Å². The quantitative estimate of drug-likeness (QED) is 0.662. The molecule has 2 aliphatic rings. The maximum atomic E-state index is 12.9. The van der Waals surface area contributed by atoms with E-state index in [0.717, 1.165) is 42.7 Å². The SMILES string of the molecule is CCN1C(=O)/C(=C\c2ccn(C(C)C)c2)SC1=Nc1ccc(N2CCOCC2)cc1. The highest BCUT2D eigenvalue weighted by atomic mass is 32.2. The molecular weight excluding hydrogens is 396 g/mol. The molecule has 2 fully saturated rings. The molecule has 1 aromatic carbocycles. The molecule has 1 amide bonds. The minimum absolute atomic E-state index is 0.0171. The molecule has 0 bridgehead atoms. The second kappa shape index (κ2) is 9.10. The maximum absolute atomic E-state index is 12.9. The van der Waals surface area contributed by atoms with Crippen LogP contribution in [0.5, 0.6) is 0 Å². The zero-order valence-corrected chi connectivity index (χ0v) is 18.6. The van der Waals surface area contributed by atoms with Crippen molar-refractivity contribution in [2.75, 3.05) is 37.7 Å². The van der Waals surface area contributed by atoms with Gasteiger partial charge in [0.15, 0.2) is 5.17 Å². The molecule has 0 N–H and O–H groups in total. The lowest BCUT2D eigenvalue weighted by Gasteiger charge is -2.28. The Morgan fingerprint density at radius 3 is 2.53 bits per heavy atom. The monoisotopic (exact) mass is 424 g/mol. The number of amidine groups is 1. The molecule has 2 aromatic rings. The lowest BCUT2D eigenvalue weighted by atomic mass is 10.2. The summed E-state index contributed by atoms with van der Waals surface area (Å²) >= 11 is 1.44. The summed E-state index contributed by atoms with van der Waals surface area (Å²) in [5.74, 6) is 0.0171. The number of aliphatic imine (C=N–C) groups is 1. The number of carbonyl (C=O) groups excluding carboxylic acids is 1. The van der Waals surface area contributed by atoms with Crippen molar-refractivity contribution in [3.8, 4) is 0 Å². The summed E-state index contributed by atoms with van der Waals surface area (Å²) < 4.78 is 7.56. The highest BCUT2D eigenvalue weighted by Crippen LogP contribution is 2.34. The molecular formula is C23H28N4O2S. The number of hydrogen-bond donors (Lipinski definition) is 0. The Bertz CT molecular complexity index is 956. The number of morpholine rings is 1. The molecule has 0 atom stereocenters. The zero-order chi connectivity index (χ0) is 21.1. The van der Waals surface area contributed by atoms with Crippen LogP contribution >= 0.6 is 11.8 Å². The minimum atomic E-state index is 0.0171. The van der Waals surface area contributed by atoms with Crippen LogP contribution in [0.25, 0.3) is 6.08 Å². The molecule has 1 aromatic heterocycles. The van der Waals surface area contributed by atoms with Crippen LogP contribution in [0.2, 0.25) is 0 Å². The Morgan fingerprint density at radius 1 is 1.17 bits per heavy atom. The van der Waals surface area contributed by atoms with E-state index in [0.29, 0.717) is 17.5 Å². The molecule has 0 saturated carbocycles. The van der Waals surface area contributed by atoms with Crippen molar-refractivity contribution >= 4 is 40.3 Å². The average molecular weight is 425 g/mol. The van der Waals surface area contributed by atoms with Gasteiger partial charge in [0.05, 0.1) is 23.8 Å². The van der Waals surface area contributed by atoms with E-state index >= 15 is 0 Å². The summed E-state index contributed by atoms with van der Waals surface area (Å²) in [5.41, 5.74) is 3.07. The molecule has 2 aliphatic heterocycles. The number of anilines is 1. The first-order valence-electron chi connectivity index (χ1n) is 10.5. The second-order valence-corrected chi connectivity index (χ2v) is 8.67. The Balaban J connectivity index is 1.53. The molecule has 7 heteroatoms. The standard InChI is InChI=1S/C23H28N4O2S/c1-4-27-22(28)21(15-18-9-10-26(16-18)17(2)3)30-23(27)24-19-5-7-20(8-6-19)25-11-13-29-14-12-25/h5-10,15-17H,4,11-14H2,1-3H3/b21-15+,24-23?. The van der Waals surface area contributed by atoms with E-state index in [1.54, 1.807) is 4.90 Å². The second-order valence-electron chi connectivity index (χ2n) is 7.66. The molecule has 4 rings (SSSR count). The summed E-state index contributed by atoms with van der Waals surface area (Å²) in [6, 6.07) is 10.6. The molecule has 0 aliphatic carbocycles. The Hall–Kier alpha value is -2.51. The fraction of sp³-hybridized carbons (Fsp3) is 0.391. The van der Waals surface area contributed by atoms with Crippen LogP contribution in [0.1, 0.15) is 32.4 Å². The van der Waals surface area contributed by atoms with Crippen molar-refractivity contribution in [3.05, 3.63) is 53.2 Å². The first-order valence-corrected chi connectivity index (χ1v) is 11.3. The Morgan fingerprint density at radius 2 is 1.90 bits per heavy atom. The Labute approximate surface area is 182 Å². The number of hydrogen-bond acceptors (Lipinski definition) is 5. The average Bonchev–Trinajstić information content (AvgIpc) is 3.34. The van der Waals surface area contributed by atoms with Gasteiger partial charge in [-0.3, -0.25) is 9.69 Å². The molecule has 0 spiro atoms. The zero-order valence-electron chi connectivity index (χ0n) is 17.7. The largest absolute Gasteiger partial charge is 0.378 e. The number of aromatic nitrogens is 1. The van der Waals surface area contributed by atoms with Gasteiger partial charge in [-0.1, -0.05) is 0 Å². The fourth-order valence-corrected chi connectivity index (χ4v) is 4.59. The summed E-state index contributed by atoms with van der Waals surface area (Å²) in [5, 5.41) is 0.733. The van der Waals surface area contributed by atoms with E-state index < -0.39 is 0 Å². The van der Waals surface area contributed by atoms with Gasteiger partial charge in [0.1, 0.15) is 0 Å². The third-order valence-electron chi connectivity index (χ3n) is 5.29. The van der Waals surface area contributed by atoms with Gasteiger partial charge in [-0.05, 0) is 74.5 Å². The van der Waals surface area contributed by atoms with Crippen molar-refractivity contribution in [2.24, 2.45) is 4.99 Å². The van der Waals surface area contributed by atoms with Gasteiger partial charge >= 0.3 is 0 Å². The summed E-state index contributed by atoms with van der Waals surface area (Å²) in [7, 11) is 0. The van der Waals surface area contributed by atoms with E-state index in [1.807, 2.05) is 37.4 Å². The lowest BCUT2D eigenvalue weighted by Crippen LogP contribution is -2.36. The van der Waals surface area contributed by atoms with E-state index in [-0.39, 0.29) is 5.91 Å². The van der Waals surface area contributed by atoms with Gasteiger partial charge in [0, 0.05) is 43.8 Å². The normalized spacial score (nSPS) is 20.2. The number of rotatable bonds is 5. The first-order chi connectivity index (χ1) is 14.5. The van der Waals surface area contributed by atoms with Crippen molar-refractivity contribution in [2.45, 2.75) is 26.8 Å². The van der Waals surface area contributed by atoms with E-state index in [1.165, 1.54) is 17.4 Å². The number of amides is 1. The summed E-state index contributed by atoms with van der Waals surface area (Å²) in [4.78, 5) is 22.4. The molecule has 0 unspecified atom stereocenters. The topological polar surface area (TPSA) is 50.1 Å². The van der Waals surface area contributed by atoms with E-state index in [2.05, 4.69) is 41.6 Å². The van der Waals surface area contributed by atoms with Crippen LogP contribution < -0.4 is 4.90 Å². The van der Waals surface area contributed by atoms with Crippen LogP contribution in [0.4, 0.5) is 11.4 Å². The van der Waals surface area contributed by atoms with Crippen LogP contribution in [-0.2, 0) is 9.53 Å². The number of thioether (sulfide) groups is 1. The van der Waals surface area contributed by atoms with Crippen LogP contribution in [0.3, 0.4) is 0 Å². The fourth-order valence-electron chi connectivity index (χ4n) is 3.53. The highest BCUT2D eigenvalue weighted by molar-refractivity contribution is 8.18. The molecule has 6 nitrogen and oxygen atoms in total. The van der Waals surface area contributed by atoms with Gasteiger partial charge < -0.3 is 14.2 Å². The van der Waals surface area contributed by atoms with E-state index in [9.17, 15) is 4.79 Å². The predicted octanol–water partition coefficient (Wildman–Crippen LogP) is 4.53. The first kappa shape index (κ1) is 20.8.